The van der Waals surface area contributed by atoms with Crippen molar-refractivity contribution >= 4 is 22.6 Å². The van der Waals surface area contributed by atoms with E-state index in [0.717, 1.165) is 48.8 Å². The summed E-state index contributed by atoms with van der Waals surface area (Å²) in [6.07, 6.45) is 8.51. The summed E-state index contributed by atoms with van der Waals surface area (Å²) in [5, 5.41) is 22.3. The number of pyridine rings is 1. The molecule has 1 amide bonds. The number of aromatic amines is 1. The lowest BCUT2D eigenvalue weighted by Crippen LogP contribution is -2.59. The molecule has 0 aromatic carbocycles. The Hall–Kier alpha value is -2.98. The highest BCUT2D eigenvalue weighted by atomic mass is 16.5. The first-order chi connectivity index (χ1) is 16.0. The lowest BCUT2D eigenvalue weighted by molar-refractivity contribution is -0.129. The summed E-state index contributed by atoms with van der Waals surface area (Å²) >= 11 is 0. The summed E-state index contributed by atoms with van der Waals surface area (Å²) in [6.45, 7) is 0.763. The summed E-state index contributed by atoms with van der Waals surface area (Å²) in [5.41, 5.74) is 1.82. The first-order valence-electron chi connectivity index (χ1n) is 11.6. The molecule has 10 heteroatoms. The second kappa shape index (κ2) is 7.81. The largest absolute Gasteiger partial charge is 0.390 e. The highest BCUT2D eigenvalue weighted by Crippen LogP contribution is 2.56. The maximum atomic E-state index is 12.3. The maximum Gasteiger partial charge on any atom is 0.292 e. The van der Waals surface area contributed by atoms with Gasteiger partial charge in [0.2, 0.25) is 0 Å². The molecule has 4 aliphatic carbocycles. The molecule has 3 aromatic heterocycles. The van der Waals surface area contributed by atoms with E-state index in [1.807, 2.05) is 12.3 Å². The average Bonchev–Trinajstić information content (AvgIpc) is 3.45. The number of fused-ring (bicyclic) bond motifs is 1. The molecule has 2 unspecified atom stereocenters. The van der Waals surface area contributed by atoms with Gasteiger partial charge in [0, 0.05) is 37.5 Å². The van der Waals surface area contributed by atoms with Gasteiger partial charge in [-0.05, 0) is 55.9 Å². The number of aromatic nitrogens is 4. The summed E-state index contributed by atoms with van der Waals surface area (Å²) < 4.78 is 10.4. The second-order valence-corrected chi connectivity index (χ2v) is 9.82. The van der Waals surface area contributed by atoms with Gasteiger partial charge in [-0.1, -0.05) is 5.16 Å². The molecule has 4 bridgehead atoms. The van der Waals surface area contributed by atoms with E-state index >= 15 is 0 Å². The standard InChI is InChI=1S/C23H28N6O4/c1-32-5-4-25-21(30)20-28-22(33-29-20)16-11-26-19-15(2-3-24-19)18(16)27-17-13-6-12-7-14(17)10-23(31,8-12)9-13/h2-3,11-14,17,31H,4-10H2,1H3,(H,25,30)(H2,24,26,27). The molecule has 174 valence electrons. The Bertz CT molecular complexity index is 1170. The van der Waals surface area contributed by atoms with E-state index in [1.54, 1.807) is 13.3 Å². The zero-order valence-corrected chi connectivity index (χ0v) is 18.5. The number of hydrogen-bond donors (Lipinski definition) is 4. The van der Waals surface area contributed by atoms with Gasteiger partial charge in [0.05, 0.1) is 23.5 Å². The molecule has 3 aromatic rings. The Balaban J connectivity index is 1.32. The Kier molecular flexibility index (Phi) is 4.88. The first-order valence-corrected chi connectivity index (χ1v) is 11.6. The van der Waals surface area contributed by atoms with E-state index < -0.39 is 11.5 Å². The van der Waals surface area contributed by atoms with Crippen molar-refractivity contribution in [1.29, 1.82) is 0 Å². The van der Waals surface area contributed by atoms with Gasteiger partial charge < -0.3 is 30.0 Å². The van der Waals surface area contributed by atoms with Gasteiger partial charge in [-0.15, -0.1) is 0 Å². The van der Waals surface area contributed by atoms with Crippen LogP contribution in [0.15, 0.2) is 23.0 Å². The van der Waals surface area contributed by atoms with Gasteiger partial charge in [-0.2, -0.15) is 4.98 Å². The molecule has 10 nitrogen and oxygen atoms in total. The van der Waals surface area contributed by atoms with Crippen LogP contribution >= 0.6 is 0 Å². The zero-order chi connectivity index (χ0) is 22.6. The van der Waals surface area contributed by atoms with Crippen LogP contribution in [0, 0.1) is 17.8 Å². The third-order valence-electron chi connectivity index (χ3n) is 7.59. The summed E-state index contributed by atoms with van der Waals surface area (Å²) in [5.74, 6) is 1.29. The van der Waals surface area contributed by atoms with Crippen molar-refractivity contribution in [3.63, 3.8) is 0 Å². The van der Waals surface area contributed by atoms with E-state index in [1.165, 1.54) is 0 Å². The maximum absolute atomic E-state index is 12.3. The highest BCUT2D eigenvalue weighted by molar-refractivity contribution is 5.97. The normalized spacial score (nSPS) is 30.1. The van der Waals surface area contributed by atoms with E-state index in [2.05, 4.69) is 30.7 Å². The molecule has 7 rings (SSSR count). The van der Waals surface area contributed by atoms with Crippen LogP contribution in [0.3, 0.4) is 0 Å². The smallest absolute Gasteiger partial charge is 0.292 e. The minimum Gasteiger partial charge on any atom is -0.390 e. The molecule has 0 spiro atoms. The number of ether oxygens (including phenoxy) is 1. The third kappa shape index (κ3) is 3.57. The van der Waals surface area contributed by atoms with Gasteiger partial charge in [0.1, 0.15) is 5.65 Å². The van der Waals surface area contributed by atoms with Gasteiger partial charge in [-0.25, -0.2) is 4.98 Å². The number of hydrogen-bond acceptors (Lipinski definition) is 8. The fourth-order valence-corrected chi connectivity index (χ4v) is 6.48. The van der Waals surface area contributed by atoms with Crippen molar-refractivity contribution in [2.24, 2.45) is 17.8 Å². The van der Waals surface area contributed by atoms with E-state index in [4.69, 9.17) is 9.26 Å². The van der Waals surface area contributed by atoms with Crippen molar-refractivity contribution in [3.05, 3.63) is 24.3 Å². The SMILES string of the molecule is COCCNC(=O)c1noc(-c2cnc3[nH]ccc3c2NC2C3CC4CC2CC(O)(C4)C3)n1. The van der Waals surface area contributed by atoms with Crippen LogP contribution in [0.5, 0.6) is 0 Å². The van der Waals surface area contributed by atoms with Crippen molar-refractivity contribution in [2.45, 2.75) is 43.7 Å². The van der Waals surface area contributed by atoms with E-state index in [9.17, 15) is 9.90 Å². The monoisotopic (exact) mass is 452 g/mol. The number of methoxy groups -OCH3 is 1. The van der Waals surface area contributed by atoms with Crippen LogP contribution in [-0.4, -0.2) is 63.0 Å². The number of carbonyl (C=O) groups is 1. The molecule has 0 radical (unpaired) electrons. The van der Waals surface area contributed by atoms with Crippen LogP contribution < -0.4 is 10.6 Å². The van der Waals surface area contributed by atoms with Crippen LogP contribution in [0.1, 0.15) is 42.7 Å². The molecule has 0 aliphatic heterocycles. The molecule has 4 N–H and O–H groups in total. The fraction of sp³-hybridized carbons (Fsp3) is 0.565. The van der Waals surface area contributed by atoms with Gasteiger partial charge in [0.25, 0.3) is 17.6 Å². The van der Waals surface area contributed by atoms with Crippen molar-refractivity contribution in [1.82, 2.24) is 25.4 Å². The Morgan fingerprint density at radius 3 is 2.91 bits per heavy atom. The van der Waals surface area contributed by atoms with Crippen molar-refractivity contribution in [2.75, 3.05) is 25.6 Å². The number of nitrogens with one attached hydrogen (secondary N) is 3. The molecular weight excluding hydrogens is 424 g/mol. The fourth-order valence-electron chi connectivity index (χ4n) is 6.48. The lowest BCUT2D eigenvalue weighted by atomic mass is 9.52. The topological polar surface area (TPSA) is 138 Å². The molecule has 2 atom stereocenters. The number of carbonyl (C=O) groups excluding carboxylic acids is 1. The second-order valence-electron chi connectivity index (χ2n) is 9.82. The predicted octanol–water partition coefficient (Wildman–Crippen LogP) is 2.34. The minimum atomic E-state index is -0.489. The minimum absolute atomic E-state index is 0.0296. The number of rotatable bonds is 7. The average molecular weight is 453 g/mol. The third-order valence-corrected chi connectivity index (χ3v) is 7.59. The molecule has 33 heavy (non-hydrogen) atoms. The van der Waals surface area contributed by atoms with Crippen LogP contribution in [0.25, 0.3) is 22.5 Å². The first kappa shape index (κ1) is 20.6. The Morgan fingerprint density at radius 2 is 2.15 bits per heavy atom. The van der Waals surface area contributed by atoms with Gasteiger partial charge in [-0.3, -0.25) is 4.79 Å². The van der Waals surface area contributed by atoms with E-state index in [-0.39, 0.29) is 17.8 Å². The molecule has 4 aliphatic rings. The molecule has 4 saturated carbocycles. The summed E-state index contributed by atoms with van der Waals surface area (Å²) in [7, 11) is 1.57. The van der Waals surface area contributed by atoms with Crippen molar-refractivity contribution in [3.8, 4) is 11.5 Å². The number of H-pyrrole nitrogens is 1. The summed E-state index contributed by atoms with van der Waals surface area (Å²) in [4.78, 5) is 24.3. The zero-order valence-electron chi connectivity index (χ0n) is 18.5. The molecular formula is C23H28N6O4. The molecule has 3 heterocycles. The van der Waals surface area contributed by atoms with Crippen molar-refractivity contribution < 1.29 is 19.2 Å². The number of nitrogens with zero attached hydrogens (tertiary/aromatic N) is 3. The highest BCUT2D eigenvalue weighted by Gasteiger charge is 2.54. The van der Waals surface area contributed by atoms with Crippen LogP contribution in [0.2, 0.25) is 0 Å². The lowest BCUT2D eigenvalue weighted by Gasteiger charge is -2.58. The molecule has 0 saturated heterocycles. The quantitative estimate of drug-likeness (QED) is 0.401. The Morgan fingerprint density at radius 1 is 1.33 bits per heavy atom. The predicted molar refractivity (Wildman–Crippen MR) is 120 cm³/mol. The number of aliphatic hydroxyl groups is 1. The number of anilines is 1. The van der Waals surface area contributed by atoms with Gasteiger partial charge in [0.15, 0.2) is 0 Å². The summed E-state index contributed by atoms with van der Waals surface area (Å²) in [6, 6.07) is 2.24. The molecule has 4 fully saturated rings. The van der Waals surface area contributed by atoms with Crippen LogP contribution in [0.4, 0.5) is 5.69 Å². The number of amides is 1. The van der Waals surface area contributed by atoms with Crippen LogP contribution in [-0.2, 0) is 4.74 Å². The van der Waals surface area contributed by atoms with E-state index in [0.29, 0.717) is 36.5 Å². The Labute approximate surface area is 190 Å². The van der Waals surface area contributed by atoms with Gasteiger partial charge >= 0.3 is 0 Å².